The summed E-state index contributed by atoms with van der Waals surface area (Å²) in [6.07, 6.45) is 0. The lowest BCUT2D eigenvalue weighted by molar-refractivity contribution is 0.666. The molecule has 0 spiro atoms. The molecule has 0 bridgehead atoms. The van der Waals surface area contributed by atoms with Crippen molar-refractivity contribution in [3.8, 4) is 44.8 Å². The van der Waals surface area contributed by atoms with Crippen molar-refractivity contribution < 1.29 is 0 Å². The van der Waals surface area contributed by atoms with Gasteiger partial charge in [-0.1, -0.05) is 135 Å². The van der Waals surface area contributed by atoms with Crippen molar-refractivity contribution in [1.82, 2.24) is 9.13 Å². The van der Waals surface area contributed by atoms with Crippen molar-refractivity contribution in [2.45, 2.75) is 19.3 Å². The van der Waals surface area contributed by atoms with Crippen LogP contribution in [-0.4, -0.2) is 9.13 Å². The van der Waals surface area contributed by atoms with Crippen LogP contribution in [0.25, 0.3) is 88.4 Å². The smallest absolute Gasteiger partial charge is 0.0544 e. The third kappa shape index (κ3) is 4.33. The zero-order valence-corrected chi connectivity index (χ0v) is 29.7. The molecular weight excluding hydrogens is 641 g/mol. The molecule has 250 valence electrons. The first-order valence-corrected chi connectivity index (χ1v) is 18.5. The first-order valence-electron chi connectivity index (χ1n) is 18.5. The van der Waals surface area contributed by atoms with E-state index in [1.165, 1.54) is 93.8 Å². The molecule has 2 heteroatoms. The van der Waals surface area contributed by atoms with Crippen LogP contribution in [0.2, 0.25) is 0 Å². The predicted octanol–water partition coefficient (Wildman–Crippen LogP) is 13.5. The average Bonchev–Trinajstić information content (AvgIpc) is 3.81. The standard InChI is InChI=1S/C51H36N2/c1-51(2)44-22-11-9-20-39(44)41-26-29-48-49(50(41)51)43-32-36(25-28-47(43)52(48)37-17-7-4-8-18-37)35-24-27-46-42(31-35)40-21-10-12-23-45(40)53(46)38-19-13-16-34(30-38)33-14-5-3-6-15-33/h3-32H,1-2H3. The van der Waals surface area contributed by atoms with Gasteiger partial charge in [0.15, 0.2) is 0 Å². The third-order valence-electron chi connectivity index (χ3n) is 11.7. The fourth-order valence-electron chi connectivity index (χ4n) is 9.30. The van der Waals surface area contributed by atoms with Gasteiger partial charge in [-0.2, -0.15) is 0 Å². The highest BCUT2D eigenvalue weighted by molar-refractivity contribution is 6.16. The largest absolute Gasteiger partial charge is 0.309 e. The number of nitrogens with zero attached hydrogens (tertiary/aromatic N) is 2. The molecule has 0 amide bonds. The molecule has 11 rings (SSSR count). The maximum Gasteiger partial charge on any atom is 0.0544 e. The second-order valence-corrected chi connectivity index (χ2v) is 15.0. The van der Waals surface area contributed by atoms with Crippen LogP contribution in [0.3, 0.4) is 0 Å². The van der Waals surface area contributed by atoms with Gasteiger partial charge in [-0.25, -0.2) is 0 Å². The Labute approximate surface area is 308 Å². The number of rotatable bonds is 4. The Kier molecular flexibility index (Phi) is 6.33. The molecule has 1 aliphatic rings. The molecular formula is C51H36N2. The Hall–Kier alpha value is -6.64. The van der Waals surface area contributed by atoms with Crippen molar-refractivity contribution in [3.05, 3.63) is 193 Å². The Balaban J connectivity index is 1.14. The molecule has 0 fully saturated rings. The summed E-state index contributed by atoms with van der Waals surface area (Å²) < 4.78 is 4.87. The van der Waals surface area contributed by atoms with E-state index in [1.54, 1.807) is 0 Å². The summed E-state index contributed by atoms with van der Waals surface area (Å²) in [6.45, 7) is 4.79. The molecule has 0 unspecified atom stereocenters. The van der Waals surface area contributed by atoms with Gasteiger partial charge >= 0.3 is 0 Å². The molecule has 8 aromatic carbocycles. The normalized spacial score (nSPS) is 13.2. The quantitative estimate of drug-likeness (QED) is 0.176. The summed E-state index contributed by atoms with van der Waals surface area (Å²) in [6, 6.07) is 66.9. The Bertz CT molecular complexity index is 3070. The van der Waals surface area contributed by atoms with E-state index in [-0.39, 0.29) is 5.41 Å². The summed E-state index contributed by atoms with van der Waals surface area (Å²) in [7, 11) is 0. The van der Waals surface area contributed by atoms with Gasteiger partial charge < -0.3 is 9.13 Å². The summed E-state index contributed by atoms with van der Waals surface area (Å²) in [5, 5.41) is 5.15. The summed E-state index contributed by atoms with van der Waals surface area (Å²) in [5.41, 5.74) is 17.5. The number of hydrogen-bond acceptors (Lipinski definition) is 0. The maximum absolute atomic E-state index is 2.45. The SMILES string of the molecule is CC1(C)c2ccccc2-c2ccc3c(c21)c1cc(-c2ccc4c(c2)c2ccccc2n4-c2cccc(-c4ccccc4)c2)ccc1n3-c1ccccc1. The van der Waals surface area contributed by atoms with Crippen LogP contribution in [0, 0.1) is 0 Å². The average molecular weight is 677 g/mol. The minimum atomic E-state index is -0.129. The first-order chi connectivity index (χ1) is 26.1. The highest BCUT2D eigenvalue weighted by Crippen LogP contribution is 2.53. The highest BCUT2D eigenvalue weighted by atomic mass is 15.0. The van der Waals surface area contributed by atoms with Gasteiger partial charge in [-0.3, -0.25) is 0 Å². The second-order valence-electron chi connectivity index (χ2n) is 15.0. The fraction of sp³-hybridized carbons (Fsp3) is 0.0588. The molecule has 0 aliphatic heterocycles. The van der Waals surface area contributed by atoms with Crippen molar-refractivity contribution in [2.24, 2.45) is 0 Å². The van der Waals surface area contributed by atoms with Gasteiger partial charge in [0.05, 0.1) is 22.1 Å². The molecule has 0 saturated heterocycles. The topological polar surface area (TPSA) is 9.86 Å². The van der Waals surface area contributed by atoms with E-state index in [1.807, 2.05) is 0 Å². The van der Waals surface area contributed by atoms with Crippen LogP contribution in [0.4, 0.5) is 0 Å². The molecule has 0 N–H and O–H groups in total. The first kappa shape index (κ1) is 30.0. The van der Waals surface area contributed by atoms with Gasteiger partial charge in [0.25, 0.3) is 0 Å². The molecule has 10 aromatic rings. The third-order valence-corrected chi connectivity index (χ3v) is 11.7. The highest BCUT2D eigenvalue weighted by Gasteiger charge is 2.38. The number of benzene rings is 8. The number of aromatic nitrogens is 2. The molecule has 0 saturated carbocycles. The van der Waals surface area contributed by atoms with E-state index < -0.39 is 0 Å². The van der Waals surface area contributed by atoms with Crippen LogP contribution < -0.4 is 0 Å². The molecule has 53 heavy (non-hydrogen) atoms. The predicted molar refractivity (Wildman–Crippen MR) is 224 cm³/mol. The van der Waals surface area contributed by atoms with Crippen LogP contribution in [0.15, 0.2) is 182 Å². The summed E-state index contributed by atoms with van der Waals surface area (Å²) in [4.78, 5) is 0. The van der Waals surface area contributed by atoms with Crippen LogP contribution in [0.1, 0.15) is 25.0 Å². The molecule has 2 nitrogen and oxygen atoms in total. The number of hydrogen-bond donors (Lipinski definition) is 0. The lowest BCUT2D eigenvalue weighted by Crippen LogP contribution is -2.15. The Morgan fingerprint density at radius 2 is 0.925 bits per heavy atom. The summed E-state index contributed by atoms with van der Waals surface area (Å²) >= 11 is 0. The van der Waals surface area contributed by atoms with Crippen molar-refractivity contribution in [3.63, 3.8) is 0 Å². The maximum atomic E-state index is 2.45. The molecule has 2 aromatic heterocycles. The van der Waals surface area contributed by atoms with Crippen molar-refractivity contribution >= 4 is 43.6 Å². The Morgan fingerprint density at radius 1 is 0.358 bits per heavy atom. The van der Waals surface area contributed by atoms with E-state index >= 15 is 0 Å². The van der Waals surface area contributed by atoms with Crippen molar-refractivity contribution in [1.29, 1.82) is 0 Å². The van der Waals surface area contributed by atoms with Gasteiger partial charge in [0.2, 0.25) is 0 Å². The lowest BCUT2D eigenvalue weighted by Gasteiger charge is -2.22. The van der Waals surface area contributed by atoms with Gasteiger partial charge in [-0.05, 0) is 105 Å². The Morgan fingerprint density at radius 3 is 1.74 bits per heavy atom. The molecule has 0 atom stereocenters. The zero-order chi connectivity index (χ0) is 35.3. The minimum absolute atomic E-state index is 0.129. The van der Waals surface area contributed by atoms with Gasteiger partial charge in [0.1, 0.15) is 0 Å². The second kappa shape index (κ2) is 11.2. The van der Waals surface area contributed by atoms with Gasteiger partial charge in [0, 0.05) is 38.3 Å². The minimum Gasteiger partial charge on any atom is -0.309 e. The molecule has 2 heterocycles. The number of fused-ring (bicyclic) bond motifs is 10. The monoisotopic (exact) mass is 676 g/mol. The zero-order valence-electron chi connectivity index (χ0n) is 29.7. The molecule has 1 aliphatic carbocycles. The lowest BCUT2D eigenvalue weighted by atomic mass is 9.80. The van der Waals surface area contributed by atoms with Crippen LogP contribution >= 0.6 is 0 Å². The summed E-state index contributed by atoms with van der Waals surface area (Å²) in [5.74, 6) is 0. The van der Waals surface area contributed by atoms with Gasteiger partial charge in [-0.15, -0.1) is 0 Å². The van der Waals surface area contributed by atoms with E-state index in [0.29, 0.717) is 0 Å². The van der Waals surface area contributed by atoms with E-state index in [2.05, 4.69) is 205 Å². The van der Waals surface area contributed by atoms with E-state index in [9.17, 15) is 0 Å². The van der Waals surface area contributed by atoms with E-state index in [0.717, 1.165) is 5.69 Å². The molecule has 0 radical (unpaired) electrons. The van der Waals surface area contributed by atoms with Crippen LogP contribution in [0.5, 0.6) is 0 Å². The fourth-order valence-corrected chi connectivity index (χ4v) is 9.30. The number of para-hydroxylation sites is 2. The van der Waals surface area contributed by atoms with E-state index in [4.69, 9.17) is 0 Å². The van der Waals surface area contributed by atoms with Crippen LogP contribution in [-0.2, 0) is 5.41 Å². The van der Waals surface area contributed by atoms with Crippen molar-refractivity contribution in [2.75, 3.05) is 0 Å².